The largest absolute Gasteiger partial charge is 0.350 e. The van der Waals surface area contributed by atoms with Gasteiger partial charge >= 0.3 is 0 Å². The van der Waals surface area contributed by atoms with E-state index in [4.69, 9.17) is 0 Å². The van der Waals surface area contributed by atoms with Gasteiger partial charge in [0.2, 0.25) is 5.91 Å². The van der Waals surface area contributed by atoms with Crippen molar-refractivity contribution in [2.45, 2.75) is 44.7 Å². The molecule has 2 heterocycles. The van der Waals surface area contributed by atoms with Crippen molar-refractivity contribution >= 4 is 11.8 Å². The molecule has 27 heavy (non-hydrogen) atoms. The number of carbonyl (C=O) groups excluding carboxylic acids is 2. The number of aromatic nitrogens is 3. The Balaban J connectivity index is 1.34. The molecule has 1 aliphatic carbocycles. The quantitative estimate of drug-likeness (QED) is 0.845. The monoisotopic (exact) mass is 367 g/mol. The van der Waals surface area contributed by atoms with Crippen LogP contribution in [0.1, 0.15) is 48.0 Å². The summed E-state index contributed by atoms with van der Waals surface area (Å²) in [5.74, 6) is 0.404. The van der Waals surface area contributed by atoms with Crippen molar-refractivity contribution in [2.24, 2.45) is 5.92 Å². The summed E-state index contributed by atoms with van der Waals surface area (Å²) in [5, 5.41) is 7.11. The molecule has 2 aromatic rings. The van der Waals surface area contributed by atoms with Crippen LogP contribution in [0.2, 0.25) is 0 Å². The van der Waals surface area contributed by atoms with E-state index in [1.807, 2.05) is 29.2 Å². The number of carbonyl (C=O) groups is 2. The van der Waals surface area contributed by atoms with E-state index in [-0.39, 0.29) is 23.8 Å². The minimum Gasteiger partial charge on any atom is -0.350 e. The third kappa shape index (κ3) is 4.02. The first-order valence-corrected chi connectivity index (χ1v) is 9.71. The minimum absolute atomic E-state index is 0.0987. The molecule has 1 unspecified atom stereocenters. The number of nitrogens with one attached hydrogen (secondary N) is 1. The Morgan fingerprint density at radius 1 is 1.19 bits per heavy atom. The lowest BCUT2D eigenvalue weighted by molar-refractivity contribution is -0.138. The first kappa shape index (κ1) is 17.7. The molecule has 1 N–H and O–H groups in total. The van der Waals surface area contributed by atoms with Crippen LogP contribution in [0.4, 0.5) is 0 Å². The van der Waals surface area contributed by atoms with Crippen molar-refractivity contribution in [1.82, 2.24) is 25.0 Å². The maximum atomic E-state index is 12.6. The summed E-state index contributed by atoms with van der Waals surface area (Å²) in [7, 11) is 0. The van der Waals surface area contributed by atoms with E-state index in [1.165, 1.54) is 6.33 Å². The summed E-state index contributed by atoms with van der Waals surface area (Å²) >= 11 is 0. The van der Waals surface area contributed by atoms with Crippen molar-refractivity contribution in [3.63, 3.8) is 0 Å². The van der Waals surface area contributed by atoms with Crippen molar-refractivity contribution in [3.05, 3.63) is 48.0 Å². The van der Waals surface area contributed by atoms with E-state index in [0.29, 0.717) is 18.7 Å². The molecule has 0 bridgehead atoms. The molecule has 1 atom stereocenters. The molecular weight excluding hydrogens is 342 g/mol. The fourth-order valence-electron chi connectivity index (χ4n) is 3.85. The molecule has 1 aromatic carbocycles. The standard InChI is InChI=1S/C20H25N5O2/c26-19(17-7-1-4-15(10-17)12-24-14-21-13-23-24)22-11-18-8-3-9-25(18)20(27)16-5-2-6-16/h1,4,7,10,13-14,16,18H,2-3,5-6,8-9,11-12H2,(H,22,26). The van der Waals surface area contributed by atoms with Crippen LogP contribution in [0.15, 0.2) is 36.9 Å². The maximum Gasteiger partial charge on any atom is 0.251 e. The molecule has 2 fully saturated rings. The molecule has 0 radical (unpaired) electrons. The molecule has 2 amide bonds. The fraction of sp³-hybridized carbons (Fsp3) is 0.500. The van der Waals surface area contributed by atoms with Crippen LogP contribution in [0.5, 0.6) is 0 Å². The highest BCUT2D eigenvalue weighted by molar-refractivity contribution is 5.94. The molecular formula is C20H25N5O2. The zero-order valence-corrected chi connectivity index (χ0v) is 15.4. The Bertz CT molecular complexity index is 800. The van der Waals surface area contributed by atoms with Crippen LogP contribution in [-0.4, -0.2) is 50.6 Å². The van der Waals surface area contributed by atoms with Gasteiger partial charge in [-0.25, -0.2) is 9.67 Å². The second-order valence-electron chi connectivity index (χ2n) is 7.46. The van der Waals surface area contributed by atoms with Gasteiger partial charge in [-0.2, -0.15) is 5.10 Å². The number of benzene rings is 1. The Morgan fingerprint density at radius 2 is 2.07 bits per heavy atom. The Morgan fingerprint density at radius 3 is 2.81 bits per heavy atom. The summed E-state index contributed by atoms with van der Waals surface area (Å²) in [5.41, 5.74) is 1.62. The third-order valence-electron chi connectivity index (χ3n) is 5.61. The van der Waals surface area contributed by atoms with Crippen LogP contribution >= 0.6 is 0 Å². The lowest BCUT2D eigenvalue weighted by Crippen LogP contribution is -2.46. The molecule has 7 heteroatoms. The van der Waals surface area contributed by atoms with Gasteiger partial charge in [0.05, 0.1) is 6.54 Å². The van der Waals surface area contributed by atoms with Crippen LogP contribution in [-0.2, 0) is 11.3 Å². The molecule has 7 nitrogen and oxygen atoms in total. The summed E-state index contributed by atoms with van der Waals surface area (Å²) in [6, 6.07) is 7.66. The summed E-state index contributed by atoms with van der Waals surface area (Å²) in [6.07, 6.45) is 8.34. The normalized spacial score (nSPS) is 19.7. The number of hydrogen-bond donors (Lipinski definition) is 1. The average molecular weight is 367 g/mol. The highest BCUT2D eigenvalue weighted by Crippen LogP contribution is 2.31. The van der Waals surface area contributed by atoms with Crippen LogP contribution in [0, 0.1) is 5.92 Å². The van der Waals surface area contributed by atoms with Gasteiger partial charge in [0.15, 0.2) is 0 Å². The van der Waals surface area contributed by atoms with Gasteiger partial charge in [0, 0.05) is 30.6 Å². The second-order valence-corrected chi connectivity index (χ2v) is 7.46. The van der Waals surface area contributed by atoms with Gasteiger partial charge in [-0.3, -0.25) is 9.59 Å². The SMILES string of the molecule is O=C(NCC1CCCN1C(=O)C1CCC1)c1cccc(Cn2cncn2)c1. The number of rotatable bonds is 6. The number of amides is 2. The van der Waals surface area contributed by atoms with Gasteiger partial charge in [-0.15, -0.1) is 0 Å². The maximum absolute atomic E-state index is 12.6. The predicted molar refractivity (Wildman–Crippen MR) is 100.0 cm³/mol. The molecule has 1 aromatic heterocycles. The van der Waals surface area contributed by atoms with E-state index in [9.17, 15) is 9.59 Å². The van der Waals surface area contributed by atoms with Gasteiger partial charge < -0.3 is 10.2 Å². The van der Waals surface area contributed by atoms with Crippen LogP contribution in [0.25, 0.3) is 0 Å². The molecule has 1 aliphatic heterocycles. The van der Waals surface area contributed by atoms with E-state index in [2.05, 4.69) is 15.4 Å². The topological polar surface area (TPSA) is 80.1 Å². The summed E-state index contributed by atoms with van der Waals surface area (Å²) in [4.78, 5) is 31.1. The predicted octanol–water partition coefficient (Wildman–Crippen LogP) is 1.85. The van der Waals surface area contributed by atoms with Crippen molar-refractivity contribution in [2.75, 3.05) is 13.1 Å². The lowest BCUT2D eigenvalue weighted by Gasteiger charge is -2.32. The van der Waals surface area contributed by atoms with E-state index in [0.717, 1.165) is 44.2 Å². The highest BCUT2D eigenvalue weighted by atomic mass is 16.2. The Labute approximate surface area is 158 Å². The first-order valence-electron chi connectivity index (χ1n) is 9.71. The zero-order valence-electron chi connectivity index (χ0n) is 15.4. The number of hydrogen-bond acceptors (Lipinski definition) is 4. The molecule has 2 aliphatic rings. The van der Waals surface area contributed by atoms with Crippen molar-refractivity contribution in [1.29, 1.82) is 0 Å². The van der Waals surface area contributed by atoms with Gasteiger partial charge in [-0.05, 0) is 43.4 Å². The van der Waals surface area contributed by atoms with Crippen LogP contribution < -0.4 is 5.32 Å². The number of likely N-dealkylation sites (tertiary alicyclic amines) is 1. The first-order chi connectivity index (χ1) is 13.2. The van der Waals surface area contributed by atoms with E-state index < -0.39 is 0 Å². The Hall–Kier alpha value is -2.70. The lowest BCUT2D eigenvalue weighted by atomic mass is 9.84. The molecule has 0 spiro atoms. The molecule has 1 saturated carbocycles. The van der Waals surface area contributed by atoms with Gasteiger partial charge in [0.1, 0.15) is 12.7 Å². The molecule has 1 saturated heterocycles. The second kappa shape index (κ2) is 7.90. The molecule has 142 valence electrons. The molecule has 4 rings (SSSR count). The van der Waals surface area contributed by atoms with Gasteiger partial charge in [0.25, 0.3) is 5.91 Å². The zero-order chi connectivity index (χ0) is 18.6. The third-order valence-corrected chi connectivity index (χ3v) is 5.61. The fourth-order valence-corrected chi connectivity index (χ4v) is 3.85. The summed E-state index contributed by atoms with van der Waals surface area (Å²) < 4.78 is 1.72. The van der Waals surface area contributed by atoms with Crippen LogP contribution in [0.3, 0.4) is 0 Å². The average Bonchev–Trinajstić information content (AvgIpc) is 3.30. The van der Waals surface area contributed by atoms with Crippen molar-refractivity contribution < 1.29 is 9.59 Å². The highest BCUT2D eigenvalue weighted by Gasteiger charge is 2.35. The number of nitrogens with zero attached hydrogens (tertiary/aromatic N) is 4. The van der Waals surface area contributed by atoms with Crippen molar-refractivity contribution in [3.8, 4) is 0 Å². The van der Waals surface area contributed by atoms with Gasteiger partial charge in [-0.1, -0.05) is 18.6 Å². The Kier molecular flexibility index (Phi) is 5.18. The summed E-state index contributed by atoms with van der Waals surface area (Å²) in [6.45, 7) is 1.92. The van der Waals surface area contributed by atoms with E-state index >= 15 is 0 Å². The minimum atomic E-state index is -0.0987. The smallest absolute Gasteiger partial charge is 0.251 e. The van der Waals surface area contributed by atoms with E-state index in [1.54, 1.807) is 11.0 Å².